The highest BCUT2D eigenvalue weighted by Crippen LogP contribution is 2.43. The molecule has 12 aromatic heterocycles. The minimum Gasteiger partial charge on any atom is -0.390 e. The molecule has 4 aliphatic heterocycles. The van der Waals surface area contributed by atoms with Gasteiger partial charge in [0.25, 0.3) is 35.5 Å². The number of aliphatic hydroxyl groups excluding tert-OH is 3. The largest absolute Gasteiger partial charge is 0.390 e. The molecule has 16 aromatic rings. The highest BCUT2D eigenvalue weighted by molar-refractivity contribution is 6.05. The summed E-state index contributed by atoms with van der Waals surface area (Å²) in [7, 11) is 0. The molecule has 0 aliphatic carbocycles. The number of rotatable bonds is 24. The van der Waals surface area contributed by atoms with Crippen molar-refractivity contribution in [2.24, 2.45) is 0 Å². The number of aryl methyl sites for hydroxylation is 1. The van der Waals surface area contributed by atoms with Crippen molar-refractivity contribution in [2.45, 2.75) is 175 Å². The molecule has 37 heteroatoms. The fraction of sp³-hybridized carbons (Fsp3) is 0.274. The highest BCUT2D eigenvalue weighted by atomic mass is 19.3. The van der Waals surface area contributed by atoms with E-state index in [1.807, 2.05) is 45.4 Å². The van der Waals surface area contributed by atoms with Crippen molar-refractivity contribution in [2.75, 3.05) is 36.8 Å². The first-order chi connectivity index (χ1) is 72.6. The van der Waals surface area contributed by atoms with Crippen LogP contribution in [0.2, 0.25) is 0 Å². The second-order valence-corrected chi connectivity index (χ2v) is 36.1. The van der Waals surface area contributed by atoms with Crippen LogP contribution in [-0.2, 0) is 60.8 Å². The number of aliphatic hydroxyl groups is 3. The smallest absolute Gasteiger partial charge is 0.299 e. The van der Waals surface area contributed by atoms with Crippen molar-refractivity contribution >= 4 is 68.9 Å². The maximum atomic E-state index is 15.5. The molecule has 150 heavy (non-hydrogen) atoms. The second-order valence-electron chi connectivity index (χ2n) is 36.1. The third-order valence-corrected chi connectivity index (χ3v) is 26.2. The first-order valence-electron chi connectivity index (χ1n) is 48.6. The lowest BCUT2D eigenvalue weighted by Crippen LogP contribution is -2.30. The van der Waals surface area contributed by atoms with Crippen LogP contribution in [0.3, 0.4) is 0 Å². The molecule has 31 nitrogen and oxygen atoms in total. The molecule has 20 rings (SSSR count). The number of imidazole rings is 4. The van der Waals surface area contributed by atoms with Crippen LogP contribution in [0.4, 0.5) is 38.0 Å². The van der Waals surface area contributed by atoms with Crippen LogP contribution in [0.1, 0.15) is 233 Å². The molecule has 4 aliphatic rings. The van der Waals surface area contributed by atoms with Gasteiger partial charge in [-0.15, -0.1) is 0 Å². The summed E-state index contributed by atoms with van der Waals surface area (Å²) in [6, 6.07) is 44.6. The van der Waals surface area contributed by atoms with E-state index >= 15 is 4.39 Å². The number of fused-ring (bicyclic) bond motifs is 4. The van der Waals surface area contributed by atoms with Crippen molar-refractivity contribution in [1.29, 1.82) is 0 Å². The molecule has 4 fully saturated rings. The Balaban J connectivity index is 0.000000136. The van der Waals surface area contributed by atoms with Gasteiger partial charge in [0.2, 0.25) is 0 Å². The number of carbonyl (C=O) groups is 6. The third-order valence-electron chi connectivity index (χ3n) is 26.2. The number of hydrogen-bond acceptors (Lipinski definition) is 23. The van der Waals surface area contributed by atoms with Crippen LogP contribution in [0.5, 0.6) is 0 Å². The maximum Gasteiger partial charge on any atom is 0.299 e. The number of likely N-dealkylation sites (tertiary alicyclic amines) is 4. The van der Waals surface area contributed by atoms with E-state index in [2.05, 4.69) is 108 Å². The number of amides is 4. The summed E-state index contributed by atoms with van der Waals surface area (Å²) in [5.41, 5.74) is 11.1. The number of aromatic nitrogens is 16. The molecule has 16 heterocycles. The molecule has 4 atom stereocenters. The molecule has 4 aromatic carbocycles. The fourth-order valence-corrected chi connectivity index (χ4v) is 19.1. The lowest BCUT2D eigenvalue weighted by Gasteiger charge is -2.21. The number of carbonyl (C=O) groups excluding carboxylic acids is 6. The van der Waals surface area contributed by atoms with Gasteiger partial charge in [0.15, 0.2) is 11.6 Å². The van der Waals surface area contributed by atoms with E-state index in [1.165, 1.54) is 55.0 Å². The number of nitrogens with one attached hydrogen (secondary N) is 2. The average Bonchev–Trinajstić information content (AvgIpc) is 1.59. The number of alkyl halides is 5. The normalized spacial score (nSPS) is 15.2. The molecule has 4 amide bonds. The van der Waals surface area contributed by atoms with Crippen molar-refractivity contribution in [3.05, 3.63) is 322 Å². The number of nitrogens with zero attached hydrogens (tertiary/aromatic N) is 20. The highest BCUT2D eigenvalue weighted by Gasteiger charge is 2.39. The Morgan fingerprint density at radius 3 is 1.19 bits per heavy atom. The van der Waals surface area contributed by atoms with Gasteiger partial charge in [0, 0.05) is 193 Å². The molecular weight excluding hydrogens is 1920 g/mol. The Bertz CT molecular complexity index is 7850. The molecule has 0 unspecified atom stereocenters. The van der Waals surface area contributed by atoms with Crippen molar-refractivity contribution in [3.8, 4) is 92.6 Å². The predicted molar refractivity (Wildman–Crippen MR) is 548 cm³/mol. The molecular formula is C113H102F6N22O9. The van der Waals surface area contributed by atoms with E-state index in [0.29, 0.717) is 121 Å². The van der Waals surface area contributed by atoms with Crippen LogP contribution in [0, 0.1) is 60.4 Å². The number of hydrogen-bond donors (Lipinski definition) is 5. The molecule has 760 valence electrons. The monoisotopic (exact) mass is 2020 g/mol. The SMILES string of the molecule is CC#CC(=O)N1CCC[C@H]1c1nc(-c2ccc(C(=O)Nc3cc(C)ccn3)cc2F)c2c(CO)nccn12.CC#CC(=O)N1CCC[C@H]1c1nc(-c2ccc(C(=O)Nc3ccccn3)cc2)c2c(CO)nccn12.CC#CN1CCC[C@H]1c1nc(-c2ccc(C(=O)Cc3cc(C(C)(F)F)ccn3)cc2)c2c(CF)nccn12.CC#CN1CCC[C@H]1c1nc(-c2ccc(C(=O)Cc3cc(C(C)(F)F)ccn3)cc2)c2c(CO)nccn12. The number of pyridine rings is 4. The predicted octanol–water partition coefficient (Wildman–Crippen LogP) is 17.7. The van der Waals surface area contributed by atoms with E-state index < -0.39 is 30.2 Å². The van der Waals surface area contributed by atoms with Crippen LogP contribution >= 0.6 is 0 Å². The minimum atomic E-state index is -3.01. The third kappa shape index (κ3) is 22.5. The zero-order valence-corrected chi connectivity index (χ0v) is 82.8. The number of Topliss-reactive ketones (excluding diaryl/α,β-unsaturated/α-hetero) is 2. The standard InChI is InChI=1S/C29H26F3N5O.C29H27F2N5O2.C28H25FN6O3.C27H24N6O3/c1-3-13-36-14-4-5-24(36)28-35-26(27-23(18-30)34-12-15-37(27)28)20-8-6-19(7-9-20)25(38)17-22-16-21(10-11-33-22)29(2,31)32;1-3-13-35-14-4-5-24(35)28-34-26(27-23(18-37)33-12-15-36(27)28)20-8-6-19(7-9-20)25(38)17-22-16-21(10-11-32-22)29(2,30)31;1-3-5-24(37)34-12-4-6-22(34)27-33-25(26-21(16-36)30-11-13-35(26)27)19-8-7-18(15-20(19)29)28(38)32-23-14-17(2)9-10-31-23;1-2-6-23(35)32-15-5-7-21(32)26-31-24(25-20(17-34)28-14-16-33(25)26)18-9-11-19(12-10-18)27(36)30-22-8-3-4-13-29-22/h6-12,15-16,24H,4-5,14,17-18H2,1-2H3;6-12,15-16,24,37H,4-5,14,17-18H2,1-2H3;7-11,13-15,22,36H,4,6,12,16H2,1-2H3,(H,31,32,38);3-4,8-14,16,21,34H,5,7,15,17H2,1H3,(H,29,30,36)/t2*24-;22-;21-/m0000/s1. The average molecular weight is 2030 g/mol. The zero-order valence-electron chi connectivity index (χ0n) is 82.8. The second kappa shape index (κ2) is 46.0. The summed E-state index contributed by atoms with van der Waals surface area (Å²) in [5.74, 6) is 11.7. The lowest BCUT2D eigenvalue weighted by molar-refractivity contribution is -0.126. The molecule has 0 saturated carbocycles. The summed E-state index contributed by atoms with van der Waals surface area (Å²) < 4.78 is 91.7. The zero-order chi connectivity index (χ0) is 106. The Labute approximate surface area is 858 Å². The summed E-state index contributed by atoms with van der Waals surface area (Å²) >= 11 is 0. The van der Waals surface area contributed by atoms with Gasteiger partial charge < -0.3 is 45.6 Å². The molecule has 4 saturated heterocycles. The first-order valence-corrected chi connectivity index (χ1v) is 48.6. The quantitative estimate of drug-likeness (QED) is 0.0213. The van der Waals surface area contributed by atoms with Crippen molar-refractivity contribution < 1.29 is 70.4 Å². The van der Waals surface area contributed by atoms with Gasteiger partial charge in [-0.1, -0.05) is 90.4 Å². The van der Waals surface area contributed by atoms with E-state index in [0.717, 1.165) is 106 Å². The first kappa shape index (κ1) is 104. The number of benzene rings is 4. The van der Waals surface area contributed by atoms with Crippen LogP contribution < -0.4 is 10.6 Å². The van der Waals surface area contributed by atoms with E-state index in [9.17, 15) is 66.0 Å². The maximum absolute atomic E-state index is 15.5. The molecule has 0 radical (unpaired) electrons. The number of halogens is 6. The Morgan fingerprint density at radius 1 is 0.400 bits per heavy atom. The Hall–Kier alpha value is -17.5. The summed E-state index contributed by atoms with van der Waals surface area (Å²) in [6.45, 7) is 11.6. The summed E-state index contributed by atoms with van der Waals surface area (Å²) in [4.78, 5) is 137. The Kier molecular flexibility index (Phi) is 31.9. The van der Waals surface area contributed by atoms with Crippen molar-refractivity contribution in [1.82, 2.24) is 97.0 Å². The van der Waals surface area contributed by atoms with Crippen LogP contribution in [0.15, 0.2) is 220 Å². The van der Waals surface area contributed by atoms with E-state index in [1.54, 1.807) is 176 Å². The van der Waals surface area contributed by atoms with Gasteiger partial charge in [-0.05, 0) is 182 Å². The van der Waals surface area contributed by atoms with Gasteiger partial charge in [0.1, 0.15) is 53.1 Å². The summed E-state index contributed by atoms with van der Waals surface area (Å²) in [5, 5.41) is 35.5. The molecule has 0 bridgehead atoms. The van der Waals surface area contributed by atoms with Gasteiger partial charge >= 0.3 is 0 Å². The van der Waals surface area contributed by atoms with Gasteiger partial charge in [-0.25, -0.2) is 56.2 Å². The lowest BCUT2D eigenvalue weighted by atomic mass is 10.0. The molecule has 0 spiro atoms. The topological polar surface area (TPSA) is 372 Å². The van der Waals surface area contributed by atoms with E-state index in [-0.39, 0.29) is 131 Å². The number of ketones is 2. The van der Waals surface area contributed by atoms with Gasteiger partial charge in [-0.2, -0.15) is 0 Å². The number of anilines is 2. The fourth-order valence-electron chi connectivity index (χ4n) is 19.1. The summed E-state index contributed by atoms with van der Waals surface area (Å²) in [6.07, 6.45) is 25.9. The van der Waals surface area contributed by atoms with Gasteiger partial charge in [-0.3, -0.25) is 76.3 Å². The minimum absolute atomic E-state index is 0.0113. The van der Waals surface area contributed by atoms with Crippen LogP contribution in [-0.4, -0.2) is 174 Å². The van der Waals surface area contributed by atoms with E-state index in [4.69, 9.17) is 19.9 Å². The van der Waals surface area contributed by atoms with Crippen molar-refractivity contribution in [3.63, 3.8) is 0 Å². The van der Waals surface area contributed by atoms with Crippen LogP contribution in [0.25, 0.3) is 67.1 Å². The molecule has 5 N–H and O–H groups in total. The van der Waals surface area contributed by atoms with Gasteiger partial charge in [0.05, 0.1) is 119 Å². The Morgan fingerprint density at radius 2 is 0.780 bits per heavy atom.